The lowest BCUT2D eigenvalue weighted by molar-refractivity contribution is 0.0697. The van der Waals surface area contributed by atoms with E-state index in [1.54, 1.807) is 12.1 Å². The highest BCUT2D eigenvalue weighted by molar-refractivity contribution is 7.89. The third-order valence-electron chi connectivity index (χ3n) is 6.40. The molecule has 0 aliphatic carbocycles. The number of sulfonamides is 1. The molecule has 36 heavy (non-hydrogen) atoms. The van der Waals surface area contributed by atoms with Crippen molar-refractivity contribution in [2.75, 3.05) is 12.3 Å². The minimum absolute atomic E-state index is 0.113. The monoisotopic (exact) mass is 507 g/mol. The largest absolute Gasteiger partial charge is 0.478 e. The molecule has 3 aromatic rings. The van der Waals surface area contributed by atoms with Crippen molar-refractivity contribution < 1.29 is 18.3 Å². The summed E-state index contributed by atoms with van der Waals surface area (Å²) in [6.45, 7) is 2.67. The van der Waals surface area contributed by atoms with E-state index in [1.165, 1.54) is 10.7 Å². The van der Waals surface area contributed by atoms with Gasteiger partial charge in [-0.1, -0.05) is 112 Å². The lowest BCUT2D eigenvalue weighted by atomic mass is 9.97. The van der Waals surface area contributed by atoms with Crippen molar-refractivity contribution in [2.45, 2.75) is 58.4 Å². The van der Waals surface area contributed by atoms with Gasteiger partial charge >= 0.3 is 5.97 Å². The zero-order valence-corrected chi connectivity index (χ0v) is 21.9. The molecule has 0 heterocycles. The molecule has 6 heteroatoms. The lowest BCUT2D eigenvalue weighted by Gasteiger charge is -2.23. The maximum Gasteiger partial charge on any atom is 0.336 e. The molecular formula is C30H37NO4S. The van der Waals surface area contributed by atoms with E-state index in [-0.39, 0.29) is 17.9 Å². The average molecular weight is 508 g/mol. The van der Waals surface area contributed by atoms with Gasteiger partial charge in [-0.25, -0.2) is 13.2 Å². The zero-order chi connectivity index (χ0) is 25.8. The average Bonchev–Trinajstić information content (AvgIpc) is 2.89. The molecule has 0 aliphatic heterocycles. The predicted molar refractivity (Wildman–Crippen MR) is 147 cm³/mol. The number of unbranched alkanes of at least 4 members (excludes halogenated alkanes) is 5. The van der Waals surface area contributed by atoms with Gasteiger partial charge in [0.15, 0.2) is 0 Å². The second kappa shape index (κ2) is 14.0. The van der Waals surface area contributed by atoms with Crippen molar-refractivity contribution in [1.29, 1.82) is 0 Å². The fourth-order valence-electron chi connectivity index (χ4n) is 4.35. The maximum absolute atomic E-state index is 13.4. The molecule has 0 aromatic heterocycles. The lowest BCUT2D eigenvalue weighted by Crippen LogP contribution is -2.34. The molecule has 0 bridgehead atoms. The van der Waals surface area contributed by atoms with Crippen LogP contribution in [0.3, 0.4) is 0 Å². The smallest absolute Gasteiger partial charge is 0.336 e. The first kappa shape index (κ1) is 27.6. The van der Waals surface area contributed by atoms with Crippen LogP contribution in [0.2, 0.25) is 0 Å². The molecule has 192 valence electrons. The fraction of sp³-hybridized carbons (Fsp3) is 0.367. The number of nitrogens with zero attached hydrogens (tertiary/aromatic N) is 1. The van der Waals surface area contributed by atoms with Gasteiger partial charge in [-0.3, -0.25) is 0 Å². The molecule has 0 unspecified atom stereocenters. The van der Waals surface area contributed by atoms with Crippen LogP contribution in [0.5, 0.6) is 0 Å². The highest BCUT2D eigenvalue weighted by Crippen LogP contribution is 2.26. The van der Waals surface area contributed by atoms with Crippen LogP contribution in [-0.2, 0) is 23.0 Å². The van der Waals surface area contributed by atoms with E-state index in [0.29, 0.717) is 30.5 Å². The number of hydrogen-bond acceptors (Lipinski definition) is 3. The van der Waals surface area contributed by atoms with E-state index >= 15 is 0 Å². The molecule has 0 atom stereocenters. The first-order valence-corrected chi connectivity index (χ1v) is 14.4. The van der Waals surface area contributed by atoms with Crippen molar-refractivity contribution in [3.8, 4) is 11.1 Å². The van der Waals surface area contributed by atoms with E-state index < -0.39 is 16.0 Å². The standard InChI is InChI=1S/C30H37NO4S/c1-2-3-4-5-6-13-22-36(34,35)31(21-20-25-14-9-7-10-15-25)24-26-18-19-28(29(23-26)30(32)33)27-16-11-8-12-17-27/h7-12,14-19,23H,2-6,13,20-22,24H2,1H3,(H,32,33). The summed E-state index contributed by atoms with van der Waals surface area (Å²) in [5.74, 6) is -0.914. The van der Waals surface area contributed by atoms with Crippen LogP contribution in [0.4, 0.5) is 0 Å². The summed E-state index contributed by atoms with van der Waals surface area (Å²) in [5, 5.41) is 9.87. The third-order valence-corrected chi connectivity index (χ3v) is 8.30. The Balaban J connectivity index is 1.79. The van der Waals surface area contributed by atoms with Crippen molar-refractivity contribution in [3.63, 3.8) is 0 Å². The van der Waals surface area contributed by atoms with Crippen LogP contribution in [0.1, 0.15) is 66.9 Å². The first-order valence-electron chi connectivity index (χ1n) is 12.8. The molecule has 5 nitrogen and oxygen atoms in total. The van der Waals surface area contributed by atoms with E-state index in [9.17, 15) is 18.3 Å². The number of hydrogen-bond donors (Lipinski definition) is 1. The van der Waals surface area contributed by atoms with Gasteiger partial charge in [-0.15, -0.1) is 0 Å². The molecule has 0 fully saturated rings. The molecule has 0 saturated carbocycles. The van der Waals surface area contributed by atoms with Gasteiger partial charge in [-0.2, -0.15) is 4.31 Å². The van der Waals surface area contributed by atoms with Crippen LogP contribution in [0.25, 0.3) is 11.1 Å². The topological polar surface area (TPSA) is 74.7 Å². The summed E-state index contributed by atoms with van der Waals surface area (Å²) >= 11 is 0. The van der Waals surface area contributed by atoms with Crippen LogP contribution in [0.15, 0.2) is 78.9 Å². The minimum atomic E-state index is -3.49. The summed E-state index contributed by atoms with van der Waals surface area (Å²) in [6, 6.07) is 24.4. The summed E-state index contributed by atoms with van der Waals surface area (Å²) in [5.41, 5.74) is 3.36. The van der Waals surface area contributed by atoms with Crippen LogP contribution < -0.4 is 0 Å². The van der Waals surface area contributed by atoms with Crippen molar-refractivity contribution in [2.24, 2.45) is 0 Å². The molecule has 0 amide bonds. The molecule has 0 spiro atoms. The fourth-order valence-corrected chi connectivity index (χ4v) is 5.89. The van der Waals surface area contributed by atoms with E-state index in [1.807, 2.05) is 66.7 Å². The molecular weight excluding hydrogens is 470 g/mol. The second-order valence-electron chi connectivity index (χ2n) is 9.20. The molecule has 3 rings (SSSR count). The molecule has 0 aliphatic rings. The molecule has 3 aromatic carbocycles. The van der Waals surface area contributed by atoms with Crippen LogP contribution >= 0.6 is 0 Å². The van der Waals surface area contributed by atoms with E-state index in [4.69, 9.17) is 0 Å². The van der Waals surface area contributed by atoms with Gasteiger partial charge in [0.2, 0.25) is 10.0 Å². The number of rotatable bonds is 15. The van der Waals surface area contributed by atoms with Gasteiger partial charge in [0.1, 0.15) is 0 Å². The summed E-state index contributed by atoms with van der Waals surface area (Å²) in [7, 11) is -3.49. The summed E-state index contributed by atoms with van der Waals surface area (Å²) in [4.78, 5) is 12.1. The zero-order valence-electron chi connectivity index (χ0n) is 21.1. The van der Waals surface area contributed by atoms with Crippen molar-refractivity contribution >= 4 is 16.0 Å². The number of benzene rings is 3. The van der Waals surface area contributed by atoms with E-state index in [2.05, 4.69) is 6.92 Å². The number of carboxylic acids is 1. The number of aromatic carboxylic acids is 1. The summed E-state index contributed by atoms with van der Waals surface area (Å²) in [6.07, 6.45) is 6.68. The maximum atomic E-state index is 13.4. The van der Waals surface area contributed by atoms with E-state index in [0.717, 1.165) is 36.8 Å². The van der Waals surface area contributed by atoms with Gasteiger partial charge in [0, 0.05) is 13.1 Å². The normalized spacial score (nSPS) is 11.6. The first-order chi connectivity index (χ1) is 17.4. The Kier molecular flexibility index (Phi) is 10.7. The number of carboxylic acid groups (broad SMARTS) is 1. The Bertz CT molecular complexity index is 1190. The second-order valence-corrected chi connectivity index (χ2v) is 11.3. The molecule has 0 saturated heterocycles. The minimum Gasteiger partial charge on any atom is -0.478 e. The Hall–Kier alpha value is -2.96. The third kappa shape index (κ3) is 8.32. The summed E-state index contributed by atoms with van der Waals surface area (Å²) < 4.78 is 28.2. The van der Waals surface area contributed by atoms with Crippen LogP contribution in [-0.4, -0.2) is 36.1 Å². The van der Waals surface area contributed by atoms with Gasteiger partial charge in [-0.05, 0) is 41.2 Å². The quantitative estimate of drug-likeness (QED) is 0.230. The SMILES string of the molecule is CCCCCCCCS(=O)(=O)N(CCc1ccccc1)Cc1ccc(-c2ccccc2)c(C(=O)O)c1. The van der Waals surface area contributed by atoms with Crippen LogP contribution in [0, 0.1) is 0 Å². The number of carbonyl (C=O) groups is 1. The Labute approximate surface area is 215 Å². The predicted octanol–water partition coefficient (Wildman–Crippen LogP) is 6.79. The van der Waals surface area contributed by atoms with Crippen molar-refractivity contribution in [3.05, 3.63) is 95.6 Å². The Morgan fingerprint density at radius 3 is 2.11 bits per heavy atom. The Morgan fingerprint density at radius 1 is 0.806 bits per heavy atom. The van der Waals surface area contributed by atoms with Crippen molar-refractivity contribution in [1.82, 2.24) is 4.31 Å². The van der Waals surface area contributed by atoms with Gasteiger partial charge in [0.05, 0.1) is 11.3 Å². The molecule has 1 N–H and O–H groups in total. The highest BCUT2D eigenvalue weighted by Gasteiger charge is 2.23. The van der Waals surface area contributed by atoms with Gasteiger partial charge < -0.3 is 5.11 Å². The Morgan fingerprint density at radius 2 is 1.44 bits per heavy atom. The molecule has 0 radical (unpaired) electrons. The van der Waals surface area contributed by atoms with Gasteiger partial charge in [0.25, 0.3) is 0 Å². The highest BCUT2D eigenvalue weighted by atomic mass is 32.2.